The van der Waals surface area contributed by atoms with Gasteiger partial charge in [-0.25, -0.2) is 18.2 Å². The van der Waals surface area contributed by atoms with Crippen LogP contribution in [0.3, 0.4) is 0 Å². The Morgan fingerprint density at radius 2 is 1.75 bits per heavy atom. The van der Waals surface area contributed by atoms with Crippen molar-refractivity contribution in [2.45, 2.75) is 26.8 Å². The van der Waals surface area contributed by atoms with Gasteiger partial charge in [0.05, 0.1) is 12.2 Å². The Hall–Kier alpha value is -1.82. The van der Waals surface area contributed by atoms with Crippen molar-refractivity contribution in [3.63, 3.8) is 0 Å². The first-order chi connectivity index (χ1) is 12.9. The molecule has 0 atom stereocenters. The van der Waals surface area contributed by atoms with Crippen LogP contribution in [-0.2, 0) is 17.8 Å². The summed E-state index contributed by atoms with van der Waals surface area (Å²) in [5.41, 5.74) is -0.433. The third-order valence-electron chi connectivity index (χ3n) is 3.53. The number of carbonyl (C=O) groups is 1. The van der Waals surface area contributed by atoms with Gasteiger partial charge in [0.25, 0.3) is 0 Å². The lowest BCUT2D eigenvalue weighted by atomic mass is 10.3. The Balaban J connectivity index is 0.00000392. The lowest BCUT2D eigenvalue weighted by Gasteiger charge is -2.11. The lowest BCUT2D eigenvalue weighted by Crippen LogP contribution is -2.37. The van der Waals surface area contributed by atoms with E-state index in [-0.39, 0.29) is 30.5 Å². The molecular formula is C18H22F3IN4OS. The average molecular weight is 526 g/mol. The Morgan fingerprint density at radius 1 is 1.04 bits per heavy atom. The van der Waals surface area contributed by atoms with E-state index in [1.807, 2.05) is 13.0 Å². The van der Waals surface area contributed by atoms with Crippen molar-refractivity contribution in [3.8, 4) is 0 Å². The summed E-state index contributed by atoms with van der Waals surface area (Å²) in [5.74, 6) is -4.62. The molecule has 1 heterocycles. The molecule has 2 rings (SSSR count). The topological polar surface area (TPSA) is 65.5 Å². The number of aryl methyl sites for hydroxylation is 1. The van der Waals surface area contributed by atoms with Crippen LogP contribution in [0.5, 0.6) is 0 Å². The van der Waals surface area contributed by atoms with Gasteiger partial charge >= 0.3 is 0 Å². The fraction of sp³-hybridized carbons (Fsp3) is 0.333. The zero-order valence-electron chi connectivity index (χ0n) is 15.4. The van der Waals surface area contributed by atoms with Gasteiger partial charge in [-0.2, -0.15) is 0 Å². The molecule has 3 N–H and O–H groups in total. The van der Waals surface area contributed by atoms with E-state index >= 15 is 0 Å². The predicted octanol–water partition coefficient (Wildman–Crippen LogP) is 4.04. The molecule has 0 radical (unpaired) electrons. The smallest absolute Gasteiger partial charge is 0.246 e. The Labute approximate surface area is 182 Å². The molecule has 0 spiro atoms. The molecular weight excluding hydrogens is 504 g/mol. The number of thiophene rings is 1. The minimum Gasteiger partial charge on any atom is -0.357 e. The number of hydrogen-bond donors (Lipinski definition) is 3. The molecule has 10 heteroatoms. The zero-order valence-corrected chi connectivity index (χ0v) is 18.6. The van der Waals surface area contributed by atoms with Gasteiger partial charge in [0.1, 0.15) is 6.54 Å². The highest BCUT2D eigenvalue weighted by molar-refractivity contribution is 14.0. The SMILES string of the molecule is CCNC(=NCC(=O)Nc1ccc(F)c(F)c1F)NCc1ccc(CC)s1.I. The summed E-state index contributed by atoms with van der Waals surface area (Å²) in [7, 11) is 0. The number of rotatable bonds is 7. The molecule has 0 saturated heterocycles. The summed E-state index contributed by atoms with van der Waals surface area (Å²) in [5, 5.41) is 8.29. The summed E-state index contributed by atoms with van der Waals surface area (Å²) in [6.45, 7) is 4.81. The number of halogens is 4. The van der Waals surface area contributed by atoms with Crippen LogP contribution in [0.1, 0.15) is 23.6 Å². The second-order valence-electron chi connectivity index (χ2n) is 5.54. The number of nitrogens with one attached hydrogen (secondary N) is 3. The van der Waals surface area contributed by atoms with Crippen molar-refractivity contribution in [1.29, 1.82) is 0 Å². The van der Waals surface area contributed by atoms with Crippen molar-refractivity contribution >= 4 is 52.9 Å². The molecule has 0 bridgehead atoms. The summed E-state index contributed by atoms with van der Waals surface area (Å²) >= 11 is 1.69. The first kappa shape index (κ1) is 24.2. The normalized spacial score (nSPS) is 11.0. The summed E-state index contributed by atoms with van der Waals surface area (Å²) in [6, 6.07) is 5.80. The number of guanidine groups is 1. The van der Waals surface area contributed by atoms with Crippen LogP contribution in [0.15, 0.2) is 29.3 Å². The van der Waals surface area contributed by atoms with E-state index in [0.717, 1.165) is 23.4 Å². The highest BCUT2D eigenvalue weighted by Crippen LogP contribution is 2.19. The van der Waals surface area contributed by atoms with Crippen LogP contribution < -0.4 is 16.0 Å². The van der Waals surface area contributed by atoms with Gasteiger partial charge in [-0.3, -0.25) is 4.79 Å². The van der Waals surface area contributed by atoms with Gasteiger partial charge in [0.2, 0.25) is 5.91 Å². The summed E-state index contributed by atoms with van der Waals surface area (Å²) in [6.07, 6.45) is 0.972. The zero-order chi connectivity index (χ0) is 19.8. The van der Waals surface area contributed by atoms with Crippen LogP contribution >= 0.6 is 35.3 Å². The molecule has 154 valence electrons. The van der Waals surface area contributed by atoms with E-state index in [1.54, 1.807) is 11.3 Å². The van der Waals surface area contributed by atoms with Gasteiger partial charge in [0, 0.05) is 16.3 Å². The molecule has 28 heavy (non-hydrogen) atoms. The van der Waals surface area contributed by atoms with Gasteiger partial charge in [-0.05, 0) is 37.6 Å². The van der Waals surface area contributed by atoms with Crippen LogP contribution in [0.2, 0.25) is 0 Å². The van der Waals surface area contributed by atoms with Crippen LogP contribution in [-0.4, -0.2) is 25.0 Å². The average Bonchev–Trinajstić information content (AvgIpc) is 3.12. The number of anilines is 1. The molecule has 0 fully saturated rings. The van der Waals surface area contributed by atoms with Gasteiger partial charge < -0.3 is 16.0 Å². The quantitative estimate of drug-likeness (QED) is 0.221. The maximum absolute atomic E-state index is 13.6. The highest BCUT2D eigenvalue weighted by Gasteiger charge is 2.15. The minimum absolute atomic E-state index is 0. The van der Waals surface area contributed by atoms with Crippen molar-refractivity contribution < 1.29 is 18.0 Å². The Kier molecular flexibility index (Phi) is 10.3. The molecule has 1 amide bonds. The van der Waals surface area contributed by atoms with E-state index in [1.165, 1.54) is 4.88 Å². The van der Waals surface area contributed by atoms with Crippen molar-refractivity contribution in [2.24, 2.45) is 4.99 Å². The first-order valence-electron chi connectivity index (χ1n) is 8.47. The number of nitrogens with zero attached hydrogens (tertiary/aromatic N) is 1. The van der Waals surface area contributed by atoms with Crippen molar-refractivity contribution in [1.82, 2.24) is 10.6 Å². The molecule has 0 aliphatic heterocycles. The third-order valence-corrected chi connectivity index (χ3v) is 4.76. The lowest BCUT2D eigenvalue weighted by molar-refractivity contribution is -0.114. The van der Waals surface area contributed by atoms with Crippen molar-refractivity contribution in [2.75, 3.05) is 18.4 Å². The number of hydrogen-bond acceptors (Lipinski definition) is 3. The van der Waals surface area contributed by atoms with Crippen molar-refractivity contribution in [3.05, 3.63) is 51.5 Å². The second-order valence-corrected chi connectivity index (χ2v) is 6.79. The predicted molar refractivity (Wildman–Crippen MR) is 117 cm³/mol. The Bertz CT molecular complexity index is 829. The fourth-order valence-corrected chi connectivity index (χ4v) is 3.08. The van der Waals surface area contributed by atoms with E-state index in [4.69, 9.17) is 0 Å². The molecule has 0 aliphatic carbocycles. The second kappa shape index (κ2) is 11.9. The van der Waals surface area contributed by atoms with Gasteiger partial charge in [-0.15, -0.1) is 35.3 Å². The third kappa shape index (κ3) is 6.97. The molecule has 0 unspecified atom stereocenters. The van der Waals surface area contributed by atoms with E-state index in [2.05, 4.69) is 33.9 Å². The van der Waals surface area contributed by atoms with Gasteiger partial charge in [0.15, 0.2) is 23.4 Å². The van der Waals surface area contributed by atoms with Gasteiger partial charge in [-0.1, -0.05) is 6.92 Å². The van der Waals surface area contributed by atoms with Crippen LogP contribution in [0.25, 0.3) is 0 Å². The van der Waals surface area contributed by atoms with Crippen LogP contribution in [0, 0.1) is 17.5 Å². The maximum Gasteiger partial charge on any atom is 0.246 e. The highest BCUT2D eigenvalue weighted by atomic mass is 127. The largest absolute Gasteiger partial charge is 0.357 e. The maximum atomic E-state index is 13.6. The summed E-state index contributed by atoms with van der Waals surface area (Å²) in [4.78, 5) is 18.5. The van der Waals surface area contributed by atoms with E-state index in [0.29, 0.717) is 19.0 Å². The first-order valence-corrected chi connectivity index (χ1v) is 9.29. The minimum atomic E-state index is -1.63. The van der Waals surface area contributed by atoms with Crippen LogP contribution in [0.4, 0.5) is 18.9 Å². The molecule has 0 aliphatic rings. The fourth-order valence-electron chi connectivity index (χ4n) is 2.18. The molecule has 1 aromatic carbocycles. The molecule has 1 aromatic heterocycles. The number of benzene rings is 1. The summed E-state index contributed by atoms with van der Waals surface area (Å²) < 4.78 is 39.7. The molecule has 5 nitrogen and oxygen atoms in total. The Morgan fingerprint density at radius 3 is 2.39 bits per heavy atom. The monoisotopic (exact) mass is 526 g/mol. The van der Waals surface area contributed by atoms with E-state index in [9.17, 15) is 18.0 Å². The number of amides is 1. The molecule has 2 aromatic rings. The molecule has 0 saturated carbocycles. The number of carbonyl (C=O) groups excluding carboxylic acids is 1. The van der Waals surface area contributed by atoms with E-state index < -0.39 is 29.0 Å². The number of aliphatic imine (C=N–C) groups is 1. The standard InChI is InChI=1S/C18H21F3N4OS.HI/c1-3-11-5-6-12(27-11)9-23-18(22-4-2)24-10-15(26)25-14-8-7-13(19)16(20)17(14)21;/h5-8H,3-4,9-10H2,1-2H3,(H,25,26)(H2,22,23,24);1H.